The van der Waals surface area contributed by atoms with Crippen molar-refractivity contribution in [2.75, 3.05) is 13.1 Å². The van der Waals surface area contributed by atoms with Crippen molar-refractivity contribution in [3.8, 4) is 0 Å². The number of hydrogen-bond donors (Lipinski definition) is 1. The number of nitrogens with one attached hydrogen (secondary N) is 1. The van der Waals surface area contributed by atoms with Gasteiger partial charge in [0.1, 0.15) is 5.82 Å². The molecule has 0 bridgehead atoms. The van der Waals surface area contributed by atoms with Gasteiger partial charge >= 0.3 is 0 Å². The van der Waals surface area contributed by atoms with Crippen molar-refractivity contribution in [2.24, 2.45) is 0 Å². The number of benzene rings is 1. The van der Waals surface area contributed by atoms with E-state index in [1.54, 1.807) is 0 Å². The third-order valence-electron chi connectivity index (χ3n) is 6.19. The summed E-state index contributed by atoms with van der Waals surface area (Å²) in [5, 5.41) is 0. The molecule has 1 atom stereocenters. The highest BCUT2D eigenvalue weighted by Crippen LogP contribution is 2.30. The minimum atomic E-state index is -0.146. The first-order valence-corrected chi connectivity index (χ1v) is 10.7. The molecular formula is C23H30N4O2. The molecule has 0 unspecified atom stereocenters. The normalized spacial score (nSPS) is 20.0. The lowest BCUT2D eigenvalue weighted by atomic mass is 9.99. The lowest BCUT2D eigenvalue weighted by molar-refractivity contribution is -0.134. The summed E-state index contributed by atoms with van der Waals surface area (Å²) in [6.07, 6.45) is 3.99. The minimum Gasteiger partial charge on any atom is -0.332 e. The number of fused-ring (bicyclic) bond motifs is 1. The molecule has 1 aromatic carbocycles. The highest BCUT2D eigenvalue weighted by molar-refractivity contribution is 5.79. The summed E-state index contributed by atoms with van der Waals surface area (Å²) in [6, 6.07) is 10.1. The minimum absolute atomic E-state index is 0.0329. The standard InChI is InChI=1S/C23H30N4O2/c1-16(2)26-13-11-18-19(15-26)24-22(25-23(18)29)20-10-6-7-12-27(20)21(28)14-17-8-4-3-5-9-17/h3-5,8-9,16,20H,6-7,10-15H2,1-2H3,(H,24,25,29)/t20-/m0/s1. The van der Waals surface area contributed by atoms with Gasteiger partial charge in [-0.3, -0.25) is 14.5 Å². The van der Waals surface area contributed by atoms with Gasteiger partial charge in [-0.15, -0.1) is 0 Å². The Labute approximate surface area is 172 Å². The number of carbonyl (C=O) groups is 1. The molecule has 0 radical (unpaired) electrons. The molecule has 1 N–H and O–H groups in total. The van der Waals surface area contributed by atoms with Crippen LogP contribution in [-0.2, 0) is 24.2 Å². The molecule has 3 heterocycles. The third kappa shape index (κ3) is 4.27. The first-order chi connectivity index (χ1) is 14.0. The second-order valence-electron chi connectivity index (χ2n) is 8.45. The van der Waals surface area contributed by atoms with E-state index in [9.17, 15) is 9.59 Å². The van der Waals surface area contributed by atoms with Crippen molar-refractivity contribution in [3.05, 3.63) is 63.3 Å². The molecule has 1 aromatic heterocycles. The fourth-order valence-corrected chi connectivity index (χ4v) is 4.46. The maximum absolute atomic E-state index is 13.1. The van der Waals surface area contributed by atoms with Crippen molar-refractivity contribution in [3.63, 3.8) is 0 Å². The molecule has 6 heteroatoms. The molecule has 4 rings (SSSR count). The average molecular weight is 395 g/mol. The highest BCUT2D eigenvalue weighted by Gasteiger charge is 2.31. The van der Waals surface area contributed by atoms with Crippen LogP contribution in [0.15, 0.2) is 35.1 Å². The fourth-order valence-electron chi connectivity index (χ4n) is 4.46. The number of amides is 1. The fraction of sp³-hybridized carbons (Fsp3) is 0.522. The van der Waals surface area contributed by atoms with Gasteiger partial charge in [0.25, 0.3) is 5.56 Å². The van der Waals surface area contributed by atoms with Crippen molar-refractivity contribution < 1.29 is 4.79 Å². The molecular weight excluding hydrogens is 364 g/mol. The highest BCUT2D eigenvalue weighted by atomic mass is 16.2. The van der Waals surface area contributed by atoms with Crippen LogP contribution in [0.2, 0.25) is 0 Å². The van der Waals surface area contributed by atoms with E-state index in [-0.39, 0.29) is 17.5 Å². The Balaban J connectivity index is 1.60. The van der Waals surface area contributed by atoms with E-state index in [1.807, 2.05) is 35.2 Å². The molecule has 6 nitrogen and oxygen atoms in total. The monoisotopic (exact) mass is 394 g/mol. The third-order valence-corrected chi connectivity index (χ3v) is 6.19. The van der Waals surface area contributed by atoms with Gasteiger partial charge in [0, 0.05) is 31.2 Å². The van der Waals surface area contributed by atoms with Crippen LogP contribution in [0.3, 0.4) is 0 Å². The number of hydrogen-bond acceptors (Lipinski definition) is 4. The van der Waals surface area contributed by atoms with Crippen LogP contribution >= 0.6 is 0 Å². The number of carbonyl (C=O) groups excluding carboxylic acids is 1. The first-order valence-electron chi connectivity index (χ1n) is 10.7. The Morgan fingerprint density at radius 1 is 1.21 bits per heavy atom. The molecule has 2 aromatic rings. The SMILES string of the molecule is CC(C)N1CCc2c(nc([C@@H]3CCCCN3C(=O)Cc3ccccc3)[nH]c2=O)C1. The molecule has 154 valence electrons. The van der Waals surface area contributed by atoms with Crippen molar-refractivity contribution in [1.29, 1.82) is 0 Å². The van der Waals surface area contributed by atoms with Crippen molar-refractivity contribution >= 4 is 5.91 Å². The summed E-state index contributed by atoms with van der Waals surface area (Å²) in [6.45, 7) is 6.65. The van der Waals surface area contributed by atoms with Crippen LogP contribution in [-0.4, -0.2) is 44.8 Å². The quantitative estimate of drug-likeness (QED) is 0.866. The predicted octanol–water partition coefficient (Wildman–Crippen LogP) is 2.83. The summed E-state index contributed by atoms with van der Waals surface area (Å²) < 4.78 is 0. The topological polar surface area (TPSA) is 69.3 Å². The average Bonchev–Trinajstić information content (AvgIpc) is 2.74. The van der Waals surface area contributed by atoms with E-state index in [1.165, 1.54) is 0 Å². The molecule has 29 heavy (non-hydrogen) atoms. The number of piperidine rings is 1. The Hall–Kier alpha value is -2.47. The van der Waals surface area contributed by atoms with Gasteiger partial charge in [0.05, 0.1) is 18.2 Å². The van der Waals surface area contributed by atoms with E-state index in [0.717, 1.165) is 55.6 Å². The van der Waals surface area contributed by atoms with Gasteiger partial charge in [-0.1, -0.05) is 30.3 Å². The van der Waals surface area contributed by atoms with Gasteiger partial charge in [0.15, 0.2) is 0 Å². The van der Waals surface area contributed by atoms with Crippen LogP contribution in [0.5, 0.6) is 0 Å². The van der Waals surface area contributed by atoms with E-state index < -0.39 is 0 Å². The number of nitrogens with zero attached hydrogens (tertiary/aromatic N) is 3. The molecule has 1 saturated heterocycles. The van der Waals surface area contributed by atoms with Crippen LogP contribution < -0.4 is 5.56 Å². The van der Waals surface area contributed by atoms with Crippen LogP contribution in [0.25, 0.3) is 0 Å². The van der Waals surface area contributed by atoms with Gasteiger partial charge < -0.3 is 9.88 Å². The largest absolute Gasteiger partial charge is 0.332 e. The maximum Gasteiger partial charge on any atom is 0.254 e. The first kappa shape index (κ1) is 19.8. The number of likely N-dealkylation sites (tertiary alicyclic amines) is 1. The number of aromatic amines is 1. The summed E-state index contributed by atoms with van der Waals surface area (Å²) in [5.41, 5.74) is 2.67. The second kappa shape index (κ2) is 8.49. The molecule has 1 amide bonds. The molecule has 1 fully saturated rings. The second-order valence-corrected chi connectivity index (χ2v) is 8.45. The van der Waals surface area contributed by atoms with Crippen LogP contribution in [0.4, 0.5) is 0 Å². The van der Waals surface area contributed by atoms with Crippen LogP contribution in [0.1, 0.15) is 61.8 Å². The van der Waals surface area contributed by atoms with Crippen molar-refractivity contribution in [2.45, 2.75) is 64.6 Å². The molecule has 0 aliphatic carbocycles. The zero-order chi connectivity index (χ0) is 20.4. The number of H-pyrrole nitrogens is 1. The zero-order valence-corrected chi connectivity index (χ0v) is 17.4. The van der Waals surface area contributed by atoms with Crippen LogP contribution in [0, 0.1) is 0 Å². The Morgan fingerprint density at radius 2 is 2.00 bits per heavy atom. The molecule has 0 spiro atoms. The maximum atomic E-state index is 13.1. The van der Waals surface area contributed by atoms with Gasteiger partial charge in [-0.05, 0) is 45.1 Å². The smallest absolute Gasteiger partial charge is 0.254 e. The summed E-state index contributed by atoms with van der Waals surface area (Å²) in [5.74, 6) is 0.755. The predicted molar refractivity (Wildman–Crippen MR) is 113 cm³/mol. The van der Waals surface area contributed by atoms with Crippen molar-refractivity contribution in [1.82, 2.24) is 19.8 Å². The summed E-state index contributed by atoms with van der Waals surface area (Å²) in [7, 11) is 0. The number of aromatic nitrogens is 2. The van der Waals surface area contributed by atoms with E-state index in [0.29, 0.717) is 24.8 Å². The van der Waals surface area contributed by atoms with E-state index >= 15 is 0 Å². The Morgan fingerprint density at radius 3 is 2.76 bits per heavy atom. The molecule has 0 saturated carbocycles. The lowest BCUT2D eigenvalue weighted by Gasteiger charge is -2.36. The Bertz CT molecular complexity index is 922. The Kier molecular flexibility index (Phi) is 5.81. The zero-order valence-electron chi connectivity index (χ0n) is 17.4. The van der Waals surface area contributed by atoms with Gasteiger partial charge in [-0.2, -0.15) is 0 Å². The van der Waals surface area contributed by atoms with E-state index in [2.05, 4.69) is 23.7 Å². The van der Waals surface area contributed by atoms with E-state index in [4.69, 9.17) is 4.98 Å². The lowest BCUT2D eigenvalue weighted by Crippen LogP contribution is -2.43. The van der Waals surface area contributed by atoms with Gasteiger partial charge in [-0.25, -0.2) is 4.98 Å². The van der Waals surface area contributed by atoms with Gasteiger partial charge in [0.2, 0.25) is 5.91 Å². The number of rotatable bonds is 4. The summed E-state index contributed by atoms with van der Waals surface area (Å²) >= 11 is 0. The summed E-state index contributed by atoms with van der Waals surface area (Å²) in [4.78, 5) is 38.0. The molecule has 2 aliphatic rings. The molecule has 2 aliphatic heterocycles.